The Morgan fingerprint density at radius 3 is 2.44 bits per heavy atom. The summed E-state index contributed by atoms with van der Waals surface area (Å²) in [6.07, 6.45) is 7.87. The highest BCUT2D eigenvalue weighted by Crippen LogP contribution is 2.51. The van der Waals surface area contributed by atoms with Crippen molar-refractivity contribution in [2.75, 3.05) is 13.2 Å². The van der Waals surface area contributed by atoms with Crippen molar-refractivity contribution in [2.24, 2.45) is 17.3 Å². The van der Waals surface area contributed by atoms with Crippen LogP contribution in [0.5, 0.6) is 0 Å². The first-order valence-corrected chi connectivity index (χ1v) is 14.2. The van der Waals surface area contributed by atoms with Gasteiger partial charge >= 0.3 is 5.97 Å². The Morgan fingerprint density at radius 2 is 1.93 bits per heavy atom. The van der Waals surface area contributed by atoms with Crippen LogP contribution in [0, 0.1) is 17.3 Å². The van der Waals surface area contributed by atoms with E-state index < -0.39 is 8.32 Å². The number of allylic oxidation sites excluding steroid dienone is 1. The van der Waals surface area contributed by atoms with Crippen molar-refractivity contribution in [3.05, 3.63) is 10.6 Å². The van der Waals surface area contributed by atoms with Gasteiger partial charge in [0.15, 0.2) is 8.32 Å². The van der Waals surface area contributed by atoms with E-state index in [2.05, 4.69) is 63.6 Å². The van der Waals surface area contributed by atoms with Crippen LogP contribution in [0.15, 0.2) is 10.6 Å². The predicted octanol–water partition coefficient (Wildman–Crippen LogP) is 7.07. The molecule has 1 rings (SSSR count). The average molecular weight is 462 g/mol. The Balaban J connectivity index is 2.92. The molecular weight excluding hydrogens is 420 g/mol. The van der Waals surface area contributed by atoms with Crippen molar-refractivity contribution < 1.29 is 14.0 Å². The number of carbonyl (C=O) groups excluding carboxylic acids is 1. The normalized spacial score (nSPS) is 27.1. The molecule has 3 atom stereocenters. The summed E-state index contributed by atoms with van der Waals surface area (Å²) in [5.74, 6) is 0.993. The van der Waals surface area contributed by atoms with E-state index in [1.54, 1.807) is 0 Å². The molecule has 0 spiro atoms. The lowest BCUT2D eigenvalue weighted by atomic mass is 9.74. The van der Waals surface area contributed by atoms with Crippen molar-refractivity contribution in [2.45, 2.75) is 91.8 Å². The van der Waals surface area contributed by atoms with Crippen molar-refractivity contribution >= 4 is 30.2 Å². The molecule has 0 radical (unpaired) electrons. The van der Waals surface area contributed by atoms with E-state index in [9.17, 15) is 4.79 Å². The highest BCUT2D eigenvalue weighted by Gasteiger charge is 2.46. The van der Waals surface area contributed by atoms with Crippen LogP contribution in [0.25, 0.3) is 0 Å². The van der Waals surface area contributed by atoms with Gasteiger partial charge in [0.1, 0.15) is 0 Å². The Morgan fingerprint density at radius 1 is 1.30 bits per heavy atom. The van der Waals surface area contributed by atoms with Crippen LogP contribution in [0.1, 0.15) is 73.6 Å². The smallest absolute Gasteiger partial charge is 0.344 e. The van der Waals surface area contributed by atoms with Gasteiger partial charge in [0, 0.05) is 6.61 Å². The number of esters is 1. The first-order chi connectivity index (χ1) is 12.4. The molecule has 0 aliphatic heterocycles. The van der Waals surface area contributed by atoms with Gasteiger partial charge < -0.3 is 9.16 Å². The Kier molecular flexibility index (Phi) is 9.28. The van der Waals surface area contributed by atoms with Crippen molar-refractivity contribution in [1.82, 2.24) is 0 Å². The van der Waals surface area contributed by atoms with Crippen LogP contribution in [0.3, 0.4) is 0 Å². The van der Waals surface area contributed by atoms with Gasteiger partial charge in [0.05, 0.1) is 11.1 Å². The van der Waals surface area contributed by atoms with Gasteiger partial charge in [-0.1, -0.05) is 53.5 Å². The van der Waals surface area contributed by atoms with Crippen molar-refractivity contribution in [3.8, 4) is 0 Å². The van der Waals surface area contributed by atoms with Crippen LogP contribution in [0.2, 0.25) is 18.1 Å². The predicted molar refractivity (Wildman–Crippen MR) is 121 cm³/mol. The molecule has 0 unspecified atom stereocenters. The summed E-state index contributed by atoms with van der Waals surface area (Å²) in [4.78, 5) is 11.9. The third-order valence-corrected chi connectivity index (χ3v) is 11.9. The van der Waals surface area contributed by atoms with E-state index in [4.69, 9.17) is 9.16 Å². The monoisotopic (exact) mass is 460 g/mol. The van der Waals surface area contributed by atoms with Crippen LogP contribution < -0.4 is 0 Å². The summed E-state index contributed by atoms with van der Waals surface area (Å²) in [6.45, 7) is 19.3. The number of ether oxygens (including phenoxy) is 1. The maximum absolute atomic E-state index is 11.9. The van der Waals surface area contributed by atoms with Crippen LogP contribution in [-0.2, 0) is 14.0 Å². The number of halogens is 1. The average Bonchev–Trinajstić information content (AvgIpc) is 2.87. The van der Waals surface area contributed by atoms with Crippen LogP contribution in [0.4, 0.5) is 0 Å². The molecule has 0 aromatic carbocycles. The fourth-order valence-electron chi connectivity index (χ4n) is 3.92. The standard InChI is InChI=1S/C22H41BrO3Si/c1-9-11-17-14-15-22(6,16-26-27(7,8)21(3,4)5)18(17)12-13-19(23)20(24)25-10-2/h13,17-18H,9-12,14-16H2,1-8H3/b19-13+/t17-,18-,22+/m0/s1. The van der Waals surface area contributed by atoms with Crippen molar-refractivity contribution in [1.29, 1.82) is 0 Å². The zero-order valence-electron chi connectivity index (χ0n) is 18.8. The van der Waals surface area contributed by atoms with Crippen LogP contribution in [-0.4, -0.2) is 27.5 Å². The van der Waals surface area contributed by atoms with E-state index >= 15 is 0 Å². The van der Waals surface area contributed by atoms with E-state index in [1.165, 1.54) is 25.7 Å². The molecule has 1 saturated carbocycles. The lowest BCUT2D eigenvalue weighted by molar-refractivity contribution is -0.137. The van der Waals surface area contributed by atoms with Gasteiger partial charge in [-0.3, -0.25) is 0 Å². The molecule has 5 heteroatoms. The fourth-order valence-corrected chi connectivity index (χ4v) is 5.34. The Bertz CT molecular complexity index is 524. The third kappa shape index (κ3) is 6.71. The molecule has 0 N–H and O–H groups in total. The summed E-state index contributed by atoms with van der Waals surface area (Å²) in [5, 5.41) is 0.229. The number of hydrogen-bond acceptors (Lipinski definition) is 3. The third-order valence-electron chi connectivity index (χ3n) is 6.80. The molecule has 0 aromatic rings. The second kappa shape index (κ2) is 10.1. The molecule has 0 heterocycles. The fraction of sp³-hybridized carbons (Fsp3) is 0.864. The summed E-state index contributed by atoms with van der Waals surface area (Å²) >= 11 is 3.41. The van der Waals surface area contributed by atoms with Gasteiger partial charge in [-0.25, -0.2) is 4.79 Å². The SMILES string of the molecule is CCC[C@H]1CC[C@](C)(CO[Si](C)(C)C(C)(C)C)[C@H]1C/C=C(/Br)C(=O)OCC. The second-order valence-electron chi connectivity index (χ2n) is 9.91. The van der Waals surface area contributed by atoms with Gasteiger partial charge in [0.2, 0.25) is 0 Å². The van der Waals surface area contributed by atoms with Gasteiger partial charge in [-0.15, -0.1) is 0 Å². The summed E-state index contributed by atoms with van der Waals surface area (Å²) in [5.41, 5.74) is 0.174. The second-order valence-corrected chi connectivity index (χ2v) is 15.6. The number of hydrogen-bond donors (Lipinski definition) is 0. The molecular formula is C22H41BrO3Si. The molecule has 1 aliphatic rings. The molecule has 0 amide bonds. The topological polar surface area (TPSA) is 35.5 Å². The Labute approximate surface area is 176 Å². The zero-order valence-corrected chi connectivity index (χ0v) is 21.4. The zero-order chi connectivity index (χ0) is 20.9. The first kappa shape index (κ1) is 24.9. The quantitative estimate of drug-likeness (QED) is 0.209. The van der Waals surface area contributed by atoms with E-state index in [0.717, 1.165) is 13.0 Å². The van der Waals surface area contributed by atoms with Gasteiger partial charge in [-0.05, 0) is 77.5 Å². The molecule has 27 heavy (non-hydrogen) atoms. The molecule has 158 valence electrons. The van der Waals surface area contributed by atoms with Crippen molar-refractivity contribution in [3.63, 3.8) is 0 Å². The number of rotatable bonds is 9. The minimum atomic E-state index is -1.76. The Hall–Kier alpha value is -0.133. The largest absolute Gasteiger partial charge is 0.462 e. The maximum atomic E-state index is 11.9. The lowest BCUT2D eigenvalue weighted by Gasteiger charge is -2.41. The molecule has 0 bridgehead atoms. The minimum Gasteiger partial charge on any atom is -0.462 e. The first-order valence-electron chi connectivity index (χ1n) is 10.5. The van der Waals surface area contributed by atoms with Gasteiger partial charge in [-0.2, -0.15) is 0 Å². The minimum absolute atomic E-state index is 0.174. The van der Waals surface area contributed by atoms with Crippen LogP contribution >= 0.6 is 15.9 Å². The van der Waals surface area contributed by atoms with E-state index in [1.807, 2.05) is 13.0 Å². The highest BCUT2D eigenvalue weighted by atomic mass is 79.9. The lowest BCUT2D eigenvalue weighted by Crippen LogP contribution is -2.44. The molecule has 0 saturated heterocycles. The summed E-state index contributed by atoms with van der Waals surface area (Å²) in [7, 11) is -1.76. The van der Waals surface area contributed by atoms with E-state index in [0.29, 0.717) is 22.9 Å². The number of carbonyl (C=O) groups is 1. The highest BCUT2D eigenvalue weighted by molar-refractivity contribution is 9.12. The summed E-state index contributed by atoms with van der Waals surface area (Å²) in [6, 6.07) is 0. The molecule has 1 fully saturated rings. The maximum Gasteiger partial charge on any atom is 0.344 e. The van der Waals surface area contributed by atoms with Gasteiger partial charge in [0.25, 0.3) is 0 Å². The molecule has 3 nitrogen and oxygen atoms in total. The van der Waals surface area contributed by atoms with E-state index in [-0.39, 0.29) is 16.4 Å². The summed E-state index contributed by atoms with van der Waals surface area (Å²) < 4.78 is 12.3. The molecule has 1 aliphatic carbocycles. The molecule has 0 aromatic heterocycles.